The van der Waals surface area contributed by atoms with Crippen LogP contribution in [0, 0.1) is 6.92 Å². The molecular weight excluding hydrogens is 252 g/mol. The number of aromatic nitrogens is 3. The van der Waals surface area contributed by atoms with E-state index in [4.69, 9.17) is 10.5 Å². The fourth-order valence-corrected chi connectivity index (χ4v) is 3.79. The minimum atomic E-state index is -0.0308. The van der Waals surface area contributed by atoms with Gasteiger partial charge in [-0.25, -0.2) is 0 Å². The van der Waals surface area contributed by atoms with Crippen molar-refractivity contribution in [2.75, 3.05) is 19.8 Å². The van der Waals surface area contributed by atoms with Crippen molar-refractivity contribution < 1.29 is 4.74 Å². The summed E-state index contributed by atoms with van der Waals surface area (Å²) in [5.41, 5.74) is 6.11. The average molecular weight is 278 g/mol. The summed E-state index contributed by atoms with van der Waals surface area (Å²) in [5, 5.41) is 8.91. The molecule has 0 unspecified atom stereocenters. The molecule has 20 heavy (non-hydrogen) atoms. The van der Waals surface area contributed by atoms with E-state index in [9.17, 15) is 0 Å². The zero-order chi connectivity index (χ0) is 14.0. The molecule has 112 valence electrons. The van der Waals surface area contributed by atoms with Crippen LogP contribution in [0.5, 0.6) is 0 Å². The van der Waals surface area contributed by atoms with Gasteiger partial charge in [-0.2, -0.15) is 0 Å². The van der Waals surface area contributed by atoms with E-state index in [1.807, 2.05) is 0 Å². The quantitative estimate of drug-likeness (QED) is 0.919. The van der Waals surface area contributed by atoms with Crippen LogP contribution in [-0.2, 0) is 10.2 Å². The molecule has 0 bridgehead atoms. The topological polar surface area (TPSA) is 66.0 Å². The molecule has 1 saturated carbocycles. The molecule has 3 rings (SSSR count). The zero-order valence-electron chi connectivity index (χ0n) is 12.5. The summed E-state index contributed by atoms with van der Waals surface area (Å²) in [6.45, 7) is 4.29. The van der Waals surface area contributed by atoms with Gasteiger partial charge in [0.1, 0.15) is 11.6 Å². The van der Waals surface area contributed by atoms with Crippen LogP contribution < -0.4 is 5.73 Å². The highest BCUT2D eigenvalue weighted by atomic mass is 16.5. The fourth-order valence-electron chi connectivity index (χ4n) is 3.79. The van der Waals surface area contributed by atoms with Gasteiger partial charge in [0.2, 0.25) is 0 Å². The lowest BCUT2D eigenvalue weighted by atomic mass is 9.79. The van der Waals surface area contributed by atoms with E-state index >= 15 is 0 Å². The van der Waals surface area contributed by atoms with Crippen LogP contribution >= 0.6 is 0 Å². The third-order valence-electron chi connectivity index (χ3n) is 5.12. The van der Waals surface area contributed by atoms with Gasteiger partial charge in [0.15, 0.2) is 0 Å². The molecule has 1 aliphatic heterocycles. The van der Waals surface area contributed by atoms with Crippen molar-refractivity contribution in [2.24, 2.45) is 5.73 Å². The van der Waals surface area contributed by atoms with E-state index in [0.717, 1.165) is 37.7 Å². The molecule has 0 spiro atoms. The fraction of sp³-hybridized carbons (Fsp3) is 0.867. The van der Waals surface area contributed by atoms with Gasteiger partial charge in [-0.15, -0.1) is 10.2 Å². The van der Waals surface area contributed by atoms with Crippen molar-refractivity contribution in [3.63, 3.8) is 0 Å². The largest absolute Gasteiger partial charge is 0.381 e. The summed E-state index contributed by atoms with van der Waals surface area (Å²) in [7, 11) is 0. The van der Waals surface area contributed by atoms with Gasteiger partial charge in [0.05, 0.1) is 0 Å². The molecule has 2 heterocycles. The predicted molar refractivity (Wildman–Crippen MR) is 77.7 cm³/mol. The number of nitrogens with zero attached hydrogens (tertiary/aromatic N) is 3. The Hall–Kier alpha value is -0.940. The van der Waals surface area contributed by atoms with Gasteiger partial charge in [-0.3, -0.25) is 0 Å². The highest BCUT2D eigenvalue weighted by Gasteiger charge is 2.39. The molecule has 5 nitrogen and oxygen atoms in total. The van der Waals surface area contributed by atoms with E-state index in [1.165, 1.54) is 32.1 Å². The number of aryl methyl sites for hydroxylation is 1. The molecule has 2 fully saturated rings. The second-order valence-corrected chi connectivity index (χ2v) is 6.33. The Bertz CT molecular complexity index is 445. The van der Waals surface area contributed by atoms with Crippen molar-refractivity contribution in [2.45, 2.75) is 63.3 Å². The van der Waals surface area contributed by atoms with E-state index < -0.39 is 0 Å². The third-order valence-corrected chi connectivity index (χ3v) is 5.12. The predicted octanol–water partition coefficient (Wildman–Crippen LogP) is 2.10. The highest BCUT2D eigenvalue weighted by molar-refractivity contribution is 5.14. The van der Waals surface area contributed by atoms with Crippen LogP contribution in [0.3, 0.4) is 0 Å². The Kier molecular flexibility index (Phi) is 4.08. The average Bonchev–Trinajstić information content (AvgIpc) is 2.91. The first-order valence-electron chi connectivity index (χ1n) is 7.97. The first kappa shape index (κ1) is 14.0. The Morgan fingerprint density at radius 3 is 2.55 bits per heavy atom. The lowest BCUT2D eigenvalue weighted by Gasteiger charge is -2.37. The molecule has 0 atom stereocenters. The van der Waals surface area contributed by atoms with Crippen LogP contribution in [0.2, 0.25) is 0 Å². The van der Waals surface area contributed by atoms with E-state index in [-0.39, 0.29) is 5.41 Å². The van der Waals surface area contributed by atoms with Crippen molar-refractivity contribution in [1.82, 2.24) is 14.8 Å². The maximum absolute atomic E-state index is 6.14. The maximum Gasteiger partial charge on any atom is 0.140 e. The van der Waals surface area contributed by atoms with Crippen molar-refractivity contribution >= 4 is 0 Å². The van der Waals surface area contributed by atoms with Gasteiger partial charge < -0.3 is 15.0 Å². The minimum absolute atomic E-state index is 0.0308. The van der Waals surface area contributed by atoms with Crippen LogP contribution in [0.4, 0.5) is 0 Å². The van der Waals surface area contributed by atoms with E-state index in [2.05, 4.69) is 21.7 Å². The summed E-state index contributed by atoms with van der Waals surface area (Å²) in [6.07, 6.45) is 8.44. The monoisotopic (exact) mass is 278 g/mol. The van der Waals surface area contributed by atoms with Gasteiger partial charge in [-0.05, 0) is 32.6 Å². The van der Waals surface area contributed by atoms with Gasteiger partial charge in [-0.1, -0.05) is 19.3 Å². The van der Waals surface area contributed by atoms with Crippen LogP contribution in [0.25, 0.3) is 0 Å². The molecule has 0 amide bonds. The molecule has 0 aromatic carbocycles. The number of hydrogen-bond acceptors (Lipinski definition) is 4. The number of nitrogens with two attached hydrogens (primary N) is 1. The lowest BCUT2D eigenvalue weighted by molar-refractivity contribution is 0.0475. The zero-order valence-corrected chi connectivity index (χ0v) is 12.5. The molecular formula is C15H26N4O. The molecule has 1 aliphatic carbocycles. The second kappa shape index (κ2) is 5.82. The number of rotatable bonds is 3. The van der Waals surface area contributed by atoms with Crippen LogP contribution in [-0.4, -0.2) is 34.5 Å². The summed E-state index contributed by atoms with van der Waals surface area (Å²) in [5.74, 6) is 2.17. The van der Waals surface area contributed by atoms with Gasteiger partial charge in [0.25, 0.3) is 0 Å². The summed E-state index contributed by atoms with van der Waals surface area (Å²) < 4.78 is 7.93. The second-order valence-electron chi connectivity index (χ2n) is 6.33. The Morgan fingerprint density at radius 2 is 1.90 bits per heavy atom. The van der Waals surface area contributed by atoms with Gasteiger partial charge >= 0.3 is 0 Å². The van der Waals surface area contributed by atoms with E-state index in [1.54, 1.807) is 0 Å². The number of hydrogen-bond donors (Lipinski definition) is 1. The first-order valence-corrected chi connectivity index (χ1v) is 7.97. The van der Waals surface area contributed by atoms with Crippen molar-refractivity contribution in [3.8, 4) is 0 Å². The summed E-state index contributed by atoms with van der Waals surface area (Å²) in [6, 6.07) is 0.569. The van der Waals surface area contributed by atoms with Crippen LogP contribution in [0.15, 0.2) is 0 Å². The lowest BCUT2D eigenvalue weighted by Crippen LogP contribution is -2.43. The minimum Gasteiger partial charge on any atom is -0.381 e. The molecule has 2 N–H and O–H groups in total. The number of ether oxygens (including phenoxy) is 1. The van der Waals surface area contributed by atoms with Crippen LogP contribution in [0.1, 0.15) is 62.6 Å². The summed E-state index contributed by atoms with van der Waals surface area (Å²) >= 11 is 0. The standard InChI is InChI=1S/C15H26N4O/c1-12-17-18-14(15(11-16)7-9-20-10-8-15)19(12)13-5-3-2-4-6-13/h13H,2-11,16H2,1H3. The highest BCUT2D eigenvalue weighted by Crippen LogP contribution is 2.37. The Balaban J connectivity index is 1.96. The smallest absolute Gasteiger partial charge is 0.140 e. The summed E-state index contributed by atoms with van der Waals surface area (Å²) in [4.78, 5) is 0. The Morgan fingerprint density at radius 1 is 1.20 bits per heavy atom. The molecule has 1 aromatic rings. The van der Waals surface area contributed by atoms with Crippen molar-refractivity contribution in [3.05, 3.63) is 11.6 Å². The Labute approximate surface area is 120 Å². The SMILES string of the molecule is Cc1nnc(C2(CN)CCOCC2)n1C1CCCCC1. The molecule has 1 saturated heterocycles. The third kappa shape index (κ3) is 2.37. The molecule has 5 heteroatoms. The molecule has 2 aliphatic rings. The van der Waals surface area contributed by atoms with E-state index in [0.29, 0.717) is 12.6 Å². The van der Waals surface area contributed by atoms with Crippen molar-refractivity contribution in [1.29, 1.82) is 0 Å². The normalized spacial score (nSPS) is 23.9. The van der Waals surface area contributed by atoms with Gasteiger partial charge in [0, 0.05) is 31.2 Å². The molecule has 0 radical (unpaired) electrons. The molecule has 1 aromatic heterocycles. The first-order chi connectivity index (χ1) is 9.77. The maximum atomic E-state index is 6.14.